The van der Waals surface area contributed by atoms with Gasteiger partial charge in [-0.15, -0.1) is 12.4 Å². The summed E-state index contributed by atoms with van der Waals surface area (Å²) in [6, 6.07) is 8.39. The predicted octanol–water partition coefficient (Wildman–Crippen LogP) is 3.51. The molecule has 7 heteroatoms. The van der Waals surface area contributed by atoms with Crippen LogP contribution in [0.15, 0.2) is 41.0 Å². The van der Waals surface area contributed by atoms with E-state index in [1.54, 1.807) is 30.3 Å². The monoisotopic (exact) mass is 379 g/mol. The molecular formula is C19H26ClN3O3. The van der Waals surface area contributed by atoms with E-state index < -0.39 is 0 Å². The predicted molar refractivity (Wildman–Crippen MR) is 105 cm³/mol. The van der Waals surface area contributed by atoms with Gasteiger partial charge in [-0.1, -0.05) is 25.8 Å². The molecule has 142 valence electrons. The SMILES string of the molecule is CCCCC(CN)NC(=O)c1ccc(C)c(NC(=O)c2ccco2)c1.Cl. The maximum Gasteiger partial charge on any atom is 0.291 e. The van der Waals surface area contributed by atoms with Crippen LogP contribution in [0.3, 0.4) is 0 Å². The first-order chi connectivity index (χ1) is 12.0. The summed E-state index contributed by atoms with van der Waals surface area (Å²) in [5, 5.41) is 5.72. The third kappa shape index (κ3) is 5.89. The van der Waals surface area contributed by atoms with E-state index in [0.717, 1.165) is 24.8 Å². The lowest BCUT2D eigenvalue weighted by Crippen LogP contribution is -2.40. The molecule has 1 unspecified atom stereocenters. The largest absolute Gasteiger partial charge is 0.459 e. The van der Waals surface area contributed by atoms with Crippen LogP contribution < -0.4 is 16.4 Å². The molecule has 0 saturated carbocycles. The molecule has 0 aliphatic rings. The minimum atomic E-state index is -0.353. The molecule has 1 heterocycles. The van der Waals surface area contributed by atoms with Gasteiger partial charge in [0, 0.05) is 23.8 Å². The van der Waals surface area contributed by atoms with Crippen molar-refractivity contribution >= 4 is 29.9 Å². The summed E-state index contributed by atoms with van der Waals surface area (Å²) in [7, 11) is 0. The fourth-order valence-electron chi connectivity index (χ4n) is 2.46. The van der Waals surface area contributed by atoms with Crippen molar-refractivity contribution in [3.05, 3.63) is 53.5 Å². The molecule has 0 spiro atoms. The van der Waals surface area contributed by atoms with Crippen molar-refractivity contribution in [2.24, 2.45) is 5.73 Å². The van der Waals surface area contributed by atoms with Crippen LogP contribution in [0.4, 0.5) is 5.69 Å². The van der Waals surface area contributed by atoms with Gasteiger partial charge in [0.25, 0.3) is 11.8 Å². The average molecular weight is 380 g/mol. The molecule has 0 radical (unpaired) electrons. The van der Waals surface area contributed by atoms with Crippen LogP contribution in [0.1, 0.15) is 52.7 Å². The molecule has 2 aromatic rings. The number of hydrogen-bond acceptors (Lipinski definition) is 4. The summed E-state index contributed by atoms with van der Waals surface area (Å²) >= 11 is 0. The fourth-order valence-corrected chi connectivity index (χ4v) is 2.46. The van der Waals surface area contributed by atoms with Crippen molar-refractivity contribution in [1.82, 2.24) is 5.32 Å². The highest BCUT2D eigenvalue weighted by Gasteiger charge is 2.15. The number of carbonyl (C=O) groups excluding carboxylic acids is 2. The molecule has 0 bridgehead atoms. The number of carbonyl (C=O) groups is 2. The summed E-state index contributed by atoms with van der Waals surface area (Å²) in [6.45, 7) is 4.37. The number of rotatable bonds is 8. The van der Waals surface area contributed by atoms with Crippen LogP contribution in [0.5, 0.6) is 0 Å². The molecule has 4 N–H and O–H groups in total. The first kappa shape index (κ1) is 21.7. The van der Waals surface area contributed by atoms with Crippen LogP contribution in [0.25, 0.3) is 0 Å². The Morgan fingerprint density at radius 2 is 2.00 bits per heavy atom. The summed E-state index contributed by atoms with van der Waals surface area (Å²) in [5.74, 6) is -0.328. The zero-order valence-corrected chi connectivity index (χ0v) is 15.9. The van der Waals surface area contributed by atoms with Crippen molar-refractivity contribution in [2.75, 3.05) is 11.9 Å². The molecule has 6 nitrogen and oxygen atoms in total. The van der Waals surface area contributed by atoms with Crippen LogP contribution in [0.2, 0.25) is 0 Å². The first-order valence-electron chi connectivity index (χ1n) is 8.51. The van der Waals surface area contributed by atoms with Gasteiger partial charge in [-0.2, -0.15) is 0 Å². The Morgan fingerprint density at radius 3 is 2.62 bits per heavy atom. The van der Waals surface area contributed by atoms with Gasteiger partial charge in [-0.3, -0.25) is 9.59 Å². The Morgan fingerprint density at radius 1 is 1.23 bits per heavy atom. The van der Waals surface area contributed by atoms with Crippen molar-refractivity contribution in [2.45, 2.75) is 39.2 Å². The minimum absolute atomic E-state index is 0. The van der Waals surface area contributed by atoms with Gasteiger partial charge in [0.05, 0.1) is 6.26 Å². The summed E-state index contributed by atoms with van der Waals surface area (Å²) in [4.78, 5) is 24.6. The number of furan rings is 1. The van der Waals surface area contributed by atoms with Crippen molar-refractivity contribution in [1.29, 1.82) is 0 Å². The summed E-state index contributed by atoms with van der Waals surface area (Å²) in [6.07, 6.45) is 4.36. The second-order valence-corrected chi connectivity index (χ2v) is 6.01. The number of amides is 2. The smallest absolute Gasteiger partial charge is 0.291 e. The molecular weight excluding hydrogens is 354 g/mol. The second-order valence-electron chi connectivity index (χ2n) is 6.01. The van der Waals surface area contributed by atoms with E-state index in [4.69, 9.17) is 10.2 Å². The topological polar surface area (TPSA) is 97.4 Å². The van der Waals surface area contributed by atoms with Gasteiger partial charge < -0.3 is 20.8 Å². The first-order valence-corrected chi connectivity index (χ1v) is 8.51. The Labute approximate surface area is 159 Å². The quantitative estimate of drug-likeness (QED) is 0.653. The van der Waals surface area contributed by atoms with Crippen LogP contribution in [0, 0.1) is 6.92 Å². The van der Waals surface area contributed by atoms with Gasteiger partial charge in [-0.25, -0.2) is 0 Å². The number of unbranched alkanes of at least 4 members (excludes halogenated alkanes) is 1. The van der Waals surface area contributed by atoms with Gasteiger partial charge in [0.1, 0.15) is 0 Å². The van der Waals surface area contributed by atoms with Crippen molar-refractivity contribution < 1.29 is 14.0 Å². The van der Waals surface area contributed by atoms with Crippen molar-refractivity contribution in [3.63, 3.8) is 0 Å². The molecule has 2 amide bonds. The van der Waals surface area contributed by atoms with E-state index in [1.165, 1.54) is 6.26 Å². The molecule has 1 aromatic carbocycles. The molecule has 0 aliphatic carbocycles. The van der Waals surface area contributed by atoms with E-state index in [1.807, 2.05) is 6.92 Å². The maximum absolute atomic E-state index is 12.5. The molecule has 0 saturated heterocycles. The van der Waals surface area contributed by atoms with E-state index in [2.05, 4.69) is 17.6 Å². The highest BCUT2D eigenvalue weighted by atomic mass is 35.5. The molecule has 1 atom stereocenters. The Hall–Kier alpha value is -2.31. The summed E-state index contributed by atoms with van der Waals surface area (Å²) in [5.41, 5.74) is 7.65. The number of benzene rings is 1. The number of halogens is 1. The molecule has 1 aromatic heterocycles. The van der Waals surface area contributed by atoms with E-state index in [9.17, 15) is 9.59 Å². The normalized spacial score (nSPS) is 11.3. The van der Waals surface area contributed by atoms with Crippen LogP contribution >= 0.6 is 12.4 Å². The molecule has 2 rings (SSSR count). The van der Waals surface area contributed by atoms with Crippen LogP contribution in [-0.2, 0) is 0 Å². The van der Waals surface area contributed by atoms with Gasteiger partial charge in [0.15, 0.2) is 5.76 Å². The summed E-state index contributed by atoms with van der Waals surface area (Å²) < 4.78 is 5.08. The van der Waals surface area contributed by atoms with Crippen LogP contribution in [-0.4, -0.2) is 24.4 Å². The highest BCUT2D eigenvalue weighted by Crippen LogP contribution is 2.18. The maximum atomic E-state index is 12.5. The lowest BCUT2D eigenvalue weighted by atomic mass is 10.1. The minimum Gasteiger partial charge on any atom is -0.459 e. The van der Waals surface area contributed by atoms with Gasteiger partial charge >= 0.3 is 0 Å². The molecule has 26 heavy (non-hydrogen) atoms. The highest BCUT2D eigenvalue weighted by molar-refractivity contribution is 6.03. The average Bonchev–Trinajstić information content (AvgIpc) is 3.15. The third-order valence-corrected chi connectivity index (χ3v) is 4.02. The molecule has 0 aliphatic heterocycles. The Kier molecular flexibility index (Phi) is 8.88. The number of aryl methyl sites for hydroxylation is 1. The number of nitrogens with two attached hydrogens (primary N) is 1. The number of nitrogens with one attached hydrogen (secondary N) is 2. The zero-order valence-electron chi connectivity index (χ0n) is 15.1. The Balaban J connectivity index is 0.00000338. The van der Waals surface area contributed by atoms with E-state index in [-0.39, 0.29) is 36.0 Å². The number of hydrogen-bond donors (Lipinski definition) is 3. The Bertz CT molecular complexity index is 717. The second kappa shape index (κ2) is 10.6. The standard InChI is InChI=1S/C19H25N3O3.ClH/c1-3-4-6-15(12-20)21-18(23)14-9-8-13(2)16(11-14)22-19(24)17-7-5-10-25-17;/h5,7-11,15H,3-4,6,12,20H2,1-2H3,(H,21,23)(H,22,24);1H. The zero-order chi connectivity index (χ0) is 18.2. The van der Waals surface area contributed by atoms with E-state index >= 15 is 0 Å². The van der Waals surface area contributed by atoms with Crippen molar-refractivity contribution in [3.8, 4) is 0 Å². The molecule has 0 fully saturated rings. The lowest BCUT2D eigenvalue weighted by Gasteiger charge is -2.17. The van der Waals surface area contributed by atoms with Gasteiger partial charge in [0.2, 0.25) is 0 Å². The van der Waals surface area contributed by atoms with E-state index in [0.29, 0.717) is 17.8 Å². The fraction of sp³-hybridized carbons (Fsp3) is 0.368. The van der Waals surface area contributed by atoms with Gasteiger partial charge in [-0.05, 0) is 43.2 Å². The lowest BCUT2D eigenvalue weighted by molar-refractivity contribution is 0.0934. The third-order valence-electron chi connectivity index (χ3n) is 4.02. The number of anilines is 1.